The lowest BCUT2D eigenvalue weighted by molar-refractivity contribution is 0.0697. The van der Waals surface area contributed by atoms with Gasteiger partial charge in [-0.1, -0.05) is 11.6 Å². The maximum absolute atomic E-state index is 12.0. The number of carbonyl (C=O) groups excluding carboxylic acids is 1. The second-order valence-corrected chi connectivity index (χ2v) is 4.88. The van der Waals surface area contributed by atoms with Crippen LogP contribution < -0.4 is 5.32 Å². The number of rotatable bonds is 2. The van der Waals surface area contributed by atoms with E-state index in [-0.39, 0.29) is 16.6 Å². The summed E-state index contributed by atoms with van der Waals surface area (Å²) in [6.07, 6.45) is 3.20. The van der Waals surface area contributed by atoms with Crippen LogP contribution in [0, 0.1) is 0 Å². The summed E-state index contributed by atoms with van der Waals surface area (Å²) in [5, 5.41) is 11.7. The van der Waals surface area contributed by atoms with Crippen molar-refractivity contribution < 1.29 is 14.7 Å². The summed E-state index contributed by atoms with van der Waals surface area (Å²) in [6, 6.07) is 4.21. The minimum atomic E-state index is -1.08. The van der Waals surface area contributed by atoms with E-state index in [4.69, 9.17) is 16.7 Å². The summed E-state index contributed by atoms with van der Waals surface area (Å²) >= 11 is 5.85. The van der Waals surface area contributed by atoms with E-state index in [1.54, 1.807) is 4.90 Å². The number of benzene rings is 1. The summed E-state index contributed by atoms with van der Waals surface area (Å²) < 4.78 is 0. The first-order chi connectivity index (χ1) is 9.08. The highest BCUT2D eigenvalue weighted by Gasteiger charge is 2.17. The molecule has 1 aromatic rings. The SMILES string of the molecule is O=C(O)c1ccc(NC(=O)N2CCCCC2)cc1Cl. The molecule has 1 heterocycles. The zero-order valence-corrected chi connectivity index (χ0v) is 11.1. The number of hydrogen-bond donors (Lipinski definition) is 2. The maximum atomic E-state index is 12.0. The summed E-state index contributed by atoms with van der Waals surface area (Å²) in [6.45, 7) is 1.51. The van der Waals surface area contributed by atoms with E-state index in [0.29, 0.717) is 5.69 Å². The standard InChI is InChI=1S/C13H15ClN2O3/c14-11-8-9(4-5-10(11)12(17)18)15-13(19)16-6-2-1-3-7-16/h4-5,8H,1-3,6-7H2,(H,15,19)(H,17,18). The zero-order valence-electron chi connectivity index (χ0n) is 10.4. The van der Waals surface area contributed by atoms with Crippen LogP contribution in [0.4, 0.5) is 10.5 Å². The molecule has 0 radical (unpaired) electrons. The molecule has 0 atom stereocenters. The van der Waals surface area contributed by atoms with Crippen LogP contribution in [0.2, 0.25) is 5.02 Å². The lowest BCUT2D eigenvalue weighted by atomic mass is 10.1. The summed E-state index contributed by atoms with van der Waals surface area (Å²) in [7, 11) is 0. The van der Waals surface area contributed by atoms with Crippen LogP contribution >= 0.6 is 11.6 Å². The fourth-order valence-electron chi connectivity index (χ4n) is 2.07. The Morgan fingerprint density at radius 2 is 1.89 bits per heavy atom. The molecular weight excluding hydrogens is 268 g/mol. The molecule has 0 spiro atoms. The third-order valence-corrected chi connectivity index (χ3v) is 3.41. The largest absolute Gasteiger partial charge is 0.478 e. The van der Waals surface area contributed by atoms with Gasteiger partial charge >= 0.3 is 12.0 Å². The smallest absolute Gasteiger partial charge is 0.337 e. The van der Waals surface area contributed by atoms with E-state index in [1.165, 1.54) is 18.2 Å². The number of carbonyl (C=O) groups is 2. The predicted molar refractivity (Wildman–Crippen MR) is 72.9 cm³/mol. The van der Waals surface area contributed by atoms with Crippen LogP contribution in [-0.4, -0.2) is 35.1 Å². The van der Waals surface area contributed by atoms with Crippen molar-refractivity contribution >= 4 is 29.3 Å². The quantitative estimate of drug-likeness (QED) is 0.876. The fraction of sp³-hybridized carbons (Fsp3) is 0.385. The number of piperidine rings is 1. The monoisotopic (exact) mass is 282 g/mol. The van der Waals surface area contributed by atoms with Gasteiger partial charge in [0.2, 0.25) is 0 Å². The second kappa shape index (κ2) is 5.93. The molecule has 2 N–H and O–H groups in total. The van der Waals surface area contributed by atoms with Crippen molar-refractivity contribution in [2.75, 3.05) is 18.4 Å². The van der Waals surface area contributed by atoms with Crippen molar-refractivity contribution in [3.05, 3.63) is 28.8 Å². The van der Waals surface area contributed by atoms with E-state index in [2.05, 4.69) is 5.32 Å². The Balaban J connectivity index is 2.04. The zero-order chi connectivity index (χ0) is 13.8. The lowest BCUT2D eigenvalue weighted by Crippen LogP contribution is -2.38. The van der Waals surface area contributed by atoms with Gasteiger partial charge in [0.05, 0.1) is 10.6 Å². The molecule has 1 aliphatic rings. The number of hydrogen-bond acceptors (Lipinski definition) is 2. The Kier molecular flexibility index (Phi) is 4.27. The molecule has 0 aliphatic carbocycles. The number of nitrogens with one attached hydrogen (secondary N) is 1. The first-order valence-corrected chi connectivity index (χ1v) is 6.54. The number of urea groups is 1. The van der Waals surface area contributed by atoms with Crippen molar-refractivity contribution in [2.45, 2.75) is 19.3 Å². The van der Waals surface area contributed by atoms with Gasteiger partial charge in [-0.25, -0.2) is 9.59 Å². The molecule has 1 fully saturated rings. The van der Waals surface area contributed by atoms with E-state index >= 15 is 0 Å². The number of anilines is 1. The molecule has 2 amide bonds. The molecule has 1 saturated heterocycles. The molecule has 6 heteroatoms. The number of carboxylic acids is 1. The molecule has 2 rings (SSSR count). The van der Waals surface area contributed by atoms with Crippen molar-refractivity contribution in [1.29, 1.82) is 0 Å². The van der Waals surface area contributed by atoms with Crippen LogP contribution in [0.25, 0.3) is 0 Å². The molecule has 19 heavy (non-hydrogen) atoms. The van der Waals surface area contributed by atoms with Gasteiger partial charge in [0.15, 0.2) is 0 Å². The summed E-state index contributed by atoms with van der Waals surface area (Å²) in [5.41, 5.74) is 0.531. The second-order valence-electron chi connectivity index (χ2n) is 4.48. The van der Waals surface area contributed by atoms with Crippen LogP contribution in [-0.2, 0) is 0 Å². The highest BCUT2D eigenvalue weighted by Crippen LogP contribution is 2.21. The van der Waals surface area contributed by atoms with Crippen molar-refractivity contribution in [3.63, 3.8) is 0 Å². The average Bonchev–Trinajstić information content (AvgIpc) is 2.39. The van der Waals surface area contributed by atoms with Crippen LogP contribution in [0.5, 0.6) is 0 Å². The summed E-state index contributed by atoms with van der Waals surface area (Å²) in [4.78, 5) is 24.5. The summed E-state index contributed by atoms with van der Waals surface area (Å²) in [5.74, 6) is -1.08. The van der Waals surface area contributed by atoms with Crippen molar-refractivity contribution in [1.82, 2.24) is 4.90 Å². The van der Waals surface area contributed by atoms with Crippen molar-refractivity contribution in [3.8, 4) is 0 Å². The fourth-order valence-corrected chi connectivity index (χ4v) is 2.33. The van der Waals surface area contributed by atoms with E-state index in [9.17, 15) is 9.59 Å². The number of halogens is 1. The van der Waals surface area contributed by atoms with Gasteiger partial charge in [-0.15, -0.1) is 0 Å². The van der Waals surface area contributed by atoms with Gasteiger partial charge in [0.1, 0.15) is 0 Å². The molecule has 1 aliphatic heterocycles. The van der Waals surface area contributed by atoms with Gasteiger partial charge in [0.25, 0.3) is 0 Å². The lowest BCUT2D eigenvalue weighted by Gasteiger charge is -2.26. The predicted octanol–water partition coefficient (Wildman–Crippen LogP) is 3.06. The third kappa shape index (κ3) is 3.38. The Hall–Kier alpha value is -1.75. The van der Waals surface area contributed by atoms with Crippen molar-refractivity contribution in [2.24, 2.45) is 0 Å². The maximum Gasteiger partial charge on any atom is 0.337 e. The molecule has 5 nitrogen and oxygen atoms in total. The average molecular weight is 283 g/mol. The Labute approximate surface area is 116 Å². The Morgan fingerprint density at radius 1 is 1.21 bits per heavy atom. The highest BCUT2D eigenvalue weighted by molar-refractivity contribution is 6.33. The minimum Gasteiger partial charge on any atom is -0.478 e. The molecule has 0 unspecified atom stereocenters. The van der Waals surface area contributed by atoms with Gasteiger partial charge in [-0.2, -0.15) is 0 Å². The third-order valence-electron chi connectivity index (χ3n) is 3.09. The molecular formula is C13H15ClN2O3. The minimum absolute atomic E-state index is 0.0256. The molecule has 1 aromatic carbocycles. The van der Waals surface area contributed by atoms with Crippen LogP contribution in [0.15, 0.2) is 18.2 Å². The topological polar surface area (TPSA) is 69.6 Å². The van der Waals surface area contributed by atoms with E-state index in [1.807, 2.05) is 0 Å². The number of aromatic carboxylic acids is 1. The Bertz CT molecular complexity index is 499. The van der Waals surface area contributed by atoms with Gasteiger partial charge in [0, 0.05) is 18.8 Å². The molecule has 0 aromatic heterocycles. The normalized spacial score (nSPS) is 15.1. The molecule has 0 saturated carbocycles. The van der Waals surface area contributed by atoms with Crippen LogP contribution in [0.3, 0.4) is 0 Å². The molecule has 102 valence electrons. The number of carboxylic acid groups (broad SMARTS) is 1. The van der Waals surface area contributed by atoms with Crippen LogP contribution in [0.1, 0.15) is 29.6 Å². The van der Waals surface area contributed by atoms with E-state index < -0.39 is 5.97 Å². The number of likely N-dealkylation sites (tertiary alicyclic amines) is 1. The first kappa shape index (κ1) is 13.7. The van der Waals surface area contributed by atoms with Gasteiger partial charge < -0.3 is 15.3 Å². The van der Waals surface area contributed by atoms with Gasteiger partial charge in [-0.05, 0) is 37.5 Å². The van der Waals surface area contributed by atoms with Gasteiger partial charge in [-0.3, -0.25) is 0 Å². The first-order valence-electron chi connectivity index (χ1n) is 6.16. The van der Waals surface area contributed by atoms with E-state index in [0.717, 1.165) is 32.4 Å². The highest BCUT2D eigenvalue weighted by atomic mass is 35.5. The number of nitrogens with zero attached hydrogens (tertiary/aromatic N) is 1. The molecule has 0 bridgehead atoms. The Morgan fingerprint density at radius 3 is 2.47 bits per heavy atom. The number of amides is 2.